The summed E-state index contributed by atoms with van der Waals surface area (Å²) in [5.74, 6) is 1.86. The Morgan fingerprint density at radius 2 is 2.05 bits per heavy atom. The van der Waals surface area contributed by atoms with Crippen molar-refractivity contribution >= 4 is 5.78 Å². The van der Waals surface area contributed by atoms with Crippen LogP contribution in [0.15, 0.2) is 18.2 Å². The van der Waals surface area contributed by atoms with E-state index >= 15 is 0 Å². The van der Waals surface area contributed by atoms with E-state index in [1.165, 1.54) is 6.92 Å². The van der Waals surface area contributed by atoms with Gasteiger partial charge in [0.25, 0.3) is 0 Å². The van der Waals surface area contributed by atoms with E-state index in [0.717, 1.165) is 26.1 Å². The molecule has 19 heavy (non-hydrogen) atoms. The third-order valence-corrected chi connectivity index (χ3v) is 3.39. The van der Waals surface area contributed by atoms with Gasteiger partial charge in [0.1, 0.15) is 0 Å². The Morgan fingerprint density at radius 3 is 2.68 bits per heavy atom. The maximum atomic E-state index is 11.3. The third kappa shape index (κ3) is 3.70. The Morgan fingerprint density at radius 1 is 1.32 bits per heavy atom. The number of carbonyl (C=O) groups excluding carboxylic acids is 1. The van der Waals surface area contributed by atoms with Crippen LogP contribution in [0.4, 0.5) is 0 Å². The molecule has 4 nitrogen and oxygen atoms in total. The van der Waals surface area contributed by atoms with Gasteiger partial charge in [0.05, 0.1) is 13.7 Å². The summed E-state index contributed by atoms with van der Waals surface area (Å²) in [6.45, 7) is 3.83. The molecule has 0 bridgehead atoms. The molecular formula is C15H20O4. The Labute approximate surface area is 113 Å². The molecular weight excluding hydrogens is 244 g/mol. The molecule has 0 amide bonds. The lowest BCUT2D eigenvalue weighted by Crippen LogP contribution is -2.21. The molecule has 0 radical (unpaired) electrons. The summed E-state index contributed by atoms with van der Waals surface area (Å²) in [4.78, 5) is 11.3. The molecule has 1 heterocycles. The lowest BCUT2D eigenvalue weighted by molar-refractivity contribution is 0.0493. The highest BCUT2D eigenvalue weighted by atomic mass is 16.5. The van der Waals surface area contributed by atoms with Gasteiger partial charge >= 0.3 is 0 Å². The Bertz CT molecular complexity index is 436. The molecule has 1 aromatic rings. The molecule has 1 fully saturated rings. The van der Waals surface area contributed by atoms with Crippen LogP contribution >= 0.6 is 0 Å². The first kappa shape index (κ1) is 13.9. The summed E-state index contributed by atoms with van der Waals surface area (Å²) < 4.78 is 16.4. The minimum atomic E-state index is 0.0225. The molecule has 0 atom stereocenters. The molecule has 0 N–H and O–H groups in total. The van der Waals surface area contributed by atoms with E-state index < -0.39 is 0 Å². The normalized spacial score (nSPS) is 16.1. The third-order valence-electron chi connectivity index (χ3n) is 3.39. The van der Waals surface area contributed by atoms with Gasteiger partial charge in [-0.25, -0.2) is 0 Å². The second kappa shape index (κ2) is 6.57. The molecule has 1 aliphatic rings. The number of rotatable bonds is 5. The molecule has 1 aromatic carbocycles. The van der Waals surface area contributed by atoms with Gasteiger partial charge in [0, 0.05) is 18.8 Å². The first-order chi connectivity index (χ1) is 9.20. The van der Waals surface area contributed by atoms with Crippen molar-refractivity contribution in [3.8, 4) is 11.5 Å². The minimum absolute atomic E-state index is 0.0225. The number of Topliss-reactive ketones (excluding diaryl/α,β-unsaturated/α-hetero) is 1. The Hall–Kier alpha value is -1.55. The van der Waals surface area contributed by atoms with Crippen LogP contribution in [0, 0.1) is 5.92 Å². The maximum absolute atomic E-state index is 11.3. The van der Waals surface area contributed by atoms with E-state index in [9.17, 15) is 4.79 Å². The number of benzene rings is 1. The van der Waals surface area contributed by atoms with Crippen LogP contribution in [0.5, 0.6) is 11.5 Å². The topological polar surface area (TPSA) is 44.8 Å². The summed E-state index contributed by atoms with van der Waals surface area (Å²) in [7, 11) is 1.58. The largest absolute Gasteiger partial charge is 0.493 e. The van der Waals surface area contributed by atoms with Crippen molar-refractivity contribution in [2.24, 2.45) is 5.92 Å². The van der Waals surface area contributed by atoms with E-state index in [-0.39, 0.29) is 5.78 Å². The second-order valence-corrected chi connectivity index (χ2v) is 4.79. The second-order valence-electron chi connectivity index (χ2n) is 4.79. The van der Waals surface area contributed by atoms with Crippen LogP contribution in [0.2, 0.25) is 0 Å². The summed E-state index contributed by atoms with van der Waals surface area (Å²) >= 11 is 0. The summed E-state index contributed by atoms with van der Waals surface area (Å²) in [5, 5.41) is 0. The van der Waals surface area contributed by atoms with Gasteiger partial charge in [-0.15, -0.1) is 0 Å². The lowest BCUT2D eigenvalue weighted by atomic mass is 10.0. The Balaban J connectivity index is 2.00. The molecule has 0 aromatic heterocycles. The zero-order valence-corrected chi connectivity index (χ0v) is 11.5. The molecule has 0 saturated carbocycles. The highest BCUT2D eigenvalue weighted by Gasteiger charge is 2.16. The highest BCUT2D eigenvalue weighted by molar-refractivity contribution is 5.94. The van der Waals surface area contributed by atoms with Crippen LogP contribution in [0.25, 0.3) is 0 Å². The van der Waals surface area contributed by atoms with Crippen molar-refractivity contribution in [2.45, 2.75) is 19.8 Å². The van der Waals surface area contributed by atoms with Crippen molar-refractivity contribution in [3.05, 3.63) is 23.8 Å². The number of ketones is 1. The van der Waals surface area contributed by atoms with Crippen LogP contribution in [-0.4, -0.2) is 32.7 Å². The number of carbonyl (C=O) groups is 1. The van der Waals surface area contributed by atoms with Crippen molar-refractivity contribution < 1.29 is 19.0 Å². The lowest BCUT2D eigenvalue weighted by Gasteiger charge is -2.22. The first-order valence-electron chi connectivity index (χ1n) is 6.60. The van der Waals surface area contributed by atoms with Crippen LogP contribution < -0.4 is 9.47 Å². The van der Waals surface area contributed by atoms with E-state index in [1.807, 2.05) is 0 Å². The molecule has 0 aliphatic carbocycles. The van der Waals surface area contributed by atoms with Gasteiger partial charge in [0.15, 0.2) is 17.3 Å². The van der Waals surface area contributed by atoms with Gasteiger partial charge < -0.3 is 14.2 Å². The molecule has 1 aliphatic heterocycles. The predicted octanol–water partition coefficient (Wildman–Crippen LogP) is 2.70. The molecule has 2 rings (SSSR count). The van der Waals surface area contributed by atoms with Crippen molar-refractivity contribution in [2.75, 3.05) is 26.9 Å². The van der Waals surface area contributed by atoms with Crippen LogP contribution in [0.3, 0.4) is 0 Å². The van der Waals surface area contributed by atoms with Gasteiger partial charge in [-0.2, -0.15) is 0 Å². The van der Waals surface area contributed by atoms with Crippen molar-refractivity contribution in [3.63, 3.8) is 0 Å². The van der Waals surface area contributed by atoms with E-state index in [4.69, 9.17) is 14.2 Å². The van der Waals surface area contributed by atoms with Crippen LogP contribution in [0.1, 0.15) is 30.1 Å². The molecule has 0 unspecified atom stereocenters. The molecule has 1 saturated heterocycles. The van der Waals surface area contributed by atoms with Gasteiger partial charge in [-0.05, 0) is 43.9 Å². The number of methoxy groups -OCH3 is 1. The van der Waals surface area contributed by atoms with Gasteiger partial charge in [-0.1, -0.05) is 0 Å². The van der Waals surface area contributed by atoms with E-state index in [2.05, 4.69) is 0 Å². The molecule has 0 spiro atoms. The van der Waals surface area contributed by atoms with Crippen molar-refractivity contribution in [1.29, 1.82) is 0 Å². The zero-order valence-electron chi connectivity index (χ0n) is 11.5. The number of hydrogen-bond acceptors (Lipinski definition) is 4. The fourth-order valence-electron chi connectivity index (χ4n) is 2.13. The summed E-state index contributed by atoms with van der Waals surface area (Å²) in [5.41, 5.74) is 0.635. The first-order valence-corrected chi connectivity index (χ1v) is 6.60. The fourth-order valence-corrected chi connectivity index (χ4v) is 2.13. The number of hydrogen-bond donors (Lipinski definition) is 0. The van der Waals surface area contributed by atoms with E-state index in [0.29, 0.717) is 29.6 Å². The maximum Gasteiger partial charge on any atom is 0.161 e. The average molecular weight is 264 g/mol. The zero-order chi connectivity index (χ0) is 13.7. The van der Waals surface area contributed by atoms with Crippen LogP contribution in [-0.2, 0) is 4.74 Å². The smallest absolute Gasteiger partial charge is 0.161 e. The minimum Gasteiger partial charge on any atom is -0.493 e. The van der Waals surface area contributed by atoms with Crippen molar-refractivity contribution in [1.82, 2.24) is 0 Å². The summed E-state index contributed by atoms with van der Waals surface area (Å²) in [6, 6.07) is 5.29. The molecule has 4 heteroatoms. The predicted molar refractivity (Wildman–Crippen MR) is 72.0 cm³/mol. The monoisotopic (exact) mass is 264 g/mol. The Kier molecular flexibility index (Phi) is 4.80. The standard InChI is InChI=1S/C15H20O4/c1-11(16)13-3-4-14(15(9-13)17-2)19-10-12-5-7-18-8-6-12/h3-4,9,12H,5-8,10H2,1-2H3. The van der Waals surface area contributed by atoms with E-state index in [1.54, 1.807) is 25.3 Å². The quantitative estimate of drug-likeness (QED) is 0.767. The number of ether oxygens (including phenoxy) is 3. The van der Waals surface area contributed by atoms with Gasteiger partial charge in [0.2, 0.25) is 0 Å². The fraction of sp³-hybridized carbons (Fsp3) is 0.533. The molecule has 104 valence electrons. The average Bonchev–Trinajstić information content (AvgIpc) is 2.45. The highest BCUT2D eigenvalue weighted by Crippen LogP contribution is 2.29. The SMILES string of the molecule is COc1cc(C(C)=O)ccc1OCC1CCOCC1. The summed E-state index contributed by atoms with van der Waals surface area (Å²) in [6.07, 6.45) is 2.07. The van der Waals surface area contributed by atoms with Gasteiger partial charge in [-0.3, -0.25) is 4.79 Å².